The van der Waals surface area contributed by atoms with Crippen LogP contribution in [0.2, 0.25) is 5.02 Å². The van der Waals surface area contributed by atoms with Gasteiger partial charge >= 0.3 is 0 Å². The van der Waals surface area contributed by atoms with Gasteiger partial charge in [0, 0.05) is 21.6 Å². The van der Waals surface area contributed by atoms with Crippen LogP contribution < -0.4 is 5.32 Å². The smallest absolute Gasteiger partial charge is 0.234 e. The molecule has 0 spiro atoms. The number of benzene rings is 2. The van der Waals surface area contributed by atoms with E-state index in [1.807, 2.05) is 37.3 Å². The summed E-state index contributed by atoms with van der Waals surface area (Å²) < 4.78 is 0. The number of aromatic nitrogens is 4. The number of aromatic amines is 1. The van der Waals surface area contributed by atoms with Gasteiger partial charge in [-0.2, -0.15) is 0 Å². The molecule has 4 aromatic rings. The Bertz CT molecular complexity index is 1130. The largest absolute Gasteiger partial charge is 0.338 e. The second-order valence-electron chi connectivity index (χ2n) is 5.71. The number of nitrogens with zero attached hydrogens (tertiary/aromatic N) is 3. The van der Waals surface area contributed by atoms with Gasteiger partial charge in [-0.15, -0.1) is 10.2 Å². The fourth-order valence-electron chi connectivity index (χ4n) is 2.63. The molecule has 0 saturated carbocycles. The molecule has 4 rings (SSSR count). The summed E-state index contributed by atoms with van der Waals surface area (Å²) in [7, 11) is 0. The summed E-state index contributed by atoms with van der Waals surface area (Å²) in [5, 5.41) is 13.3. The predicted octanol–water partition coefficient (Wildman–Crippen LogP) is 4.20. The minimum Gasteiger partial charge on any atom is -0.338 e. The van der Waals surface area contributed by atoms with Gasteiger partial charge in [-0.05, 0) is 30.7 Å². The van der Waals surface area contributed by atoms with Crippen molar-refractivity contribution in [3.63, 3.8) is 0 Å². The van der Waals surface area contributed by atoms with Gasteiger partial charge in [-0.25, -0.2) is 4.98 Å². The molecular weight excluding hydrogens is 370 g/mol. The maximum atomic E-state index is 12.2. The Morgan fingerprint density at radius 1 is 1.19 bits per heavy atom. The SMILES string of the molecule is Cc1c(Cl)cccc1NC(=O)CSc1nnc2c(n1)[nH]c1ccccc12. The summed E-state index contributed by atoms with van der Waals surface area (Å²) >= 11 is 7.30. The molecular formula is C18H14ClN5OS. The lowest BCUT2D eigenvalue weighted by atomic mass is 10.2. The van der Waals surface area contributed by atoms with Crippen LogP contribution in [0.5, 0.6) is 0 Å². The highest BCUT2D eigenvalue weighted by molar-refractivity contribution is 7.99. The molecule has 0 atom stereocenters. The first-order valence-electron chi connectivity index (χ1n) is 7.91. The van der Waals surface area contributed by atoms with E-state index in [9.17, 15) is 4.79 Å². The number of anilines is 1. The van der Waals surface area contributed by atoms with Gasteiger partial charge in [0.15, 0.2) is 5.65 Å². The number of thioether (sulfide) groups is 1. The van der Waals surface area contributed by atoms with E-state index in [0.29, 0.717) is 21.5 Å². The van der Waals surface area contributed by atoms with Crippen molar-refractivity contribution in [1.29, 1.82) is 0 Å². The Hall–Kier alpha value is -2.64. The molecule has 0 aliphatic carbocycles. The topological polar surface area (TPSA) is 83.6 Å². The third-order valence-corrected chi connectivity index (χ3v) is 5.22. The number of para-hydroxylation sites is 1. The average molecular weight is 384 g/mol. The quantitative estimate of drug-likeness (QED) is 0.516. The minimum absolute atomic E-state index is 0.152. The Labute approximate surface area is 158 Å². The average Bonchev–Trinajstić information content (AvgIpc) is 3.01. The van der Waals surface area contributed by atoms with Gasteiger partial charge in [-0.3, -0.25) is 4.79 Å². The summed E-state index contributed by atoms with van der Waals surface area (Å²) in [5.74, 6) is 0.0278. The number of H-pyrrole nitrogens is 1. The number of nitrogens with one attached hydrogen (secondary N) is 2. The molecule has 0 bridgehead atoms. The second kappa shape index (κ2) is 6.93. The zero-order chi connectivity index (χ0) is 18.1. The normalized spacial score (nSPS) is 11.2. The van der Waals surface area contributed by atoms with Crippen molar-refractivity contribution >= 4 is 57.0 Å². The molecule has 2 aromatic heterocycles. The number of carbonyl (C=O) groups excluding carboxylic acids is 1. The monoisotopic (exact) mass is 383 g/mol. The highest BCUT2D eigenvalue weighted by Crippen LogP contribution is 2.25. The number of halogens is 1. The van der Waals surface area contributed by atoms with Crippen LogP contribution in [0.3, 0.4) is 0 Å². The van der Waals surface area contributed by atoms with Crippen LogP contribution >= 0.6 is 23.4 Å². The van der Waals surface area contributed by atoms with Crippen molar-refractivity contribution in [2.24, 2.45) is 0 Å². The molecule has 1 amide bonds. The molecule has 0 radical (unpaired) electrons. The lowest BCUT2D eigenvalue weighted by Gasteiger charge is -2.08. The number of rotatable bonds is 4. The number of hydrogen-bond acceptors (Lipinski definition) is 5. The zero-order valence-corrected chi connectivity index (χ0v) is 15.4. The van der Waals surface area contributed by atoms with Gasteiger partial charge in [-0.1, -0.05) is 47.6 Å². The van der Waals surface area contributed by atoms with Crippen LogP contribution in [0.15, 0.2) is 47.6 Å². The van der Waals surface area contributed by atoms with E-state index in [-0.39, 0.29) is 11.7 Å². The lowest BCUT2D eigenvalue weighted by Crippen LogP contribution is -2.15. The first kappa shape index (κ1) is 16.8. The van der Waals surface area contributed by atoms with Gasteiger partial charge in [0.2, 0.25) is 11.1 Å². The molecule has 0 unspecified atom stereocenters. The van der Waals surface area contributed by atoms with E-state index in [1.165, 1.54) is 11.8 Å². The maximum Gasteiger partial charge on any atom is 0.234 e. The Kier molecular flexibility index (Phi) is 4.48. The van der Waals surface area contributed by atoms with Crippen LogP contribution in [0.25, 0.3) is 22.1 Å². The molecule has 26 heavy (non-hydrogen) atoms. The van der Waals surface area contributed by atoms with E-state index in [2.05, 4.69) is 25.5 Å². The Morgan fingerprint density at radius 3 is 2.92 bits per heavy atom. The molecule has 6 nitrogen and oxygen atoms in total. The zero-order valence-electron chi connectivity index (χ0n) is 13.8. The van der Waals surface area contributed by atoms with Crippen molar-refractivity contribution < 1.29 is 4.79 Å². The fourth-order valence-corrected chi connectivity index (χ4v) is 3.39. The van der Waals surface area contributed by atoms with Crippen molar-refractivity contribution in [3.8, 4) is 0 Å². The predicted molar refractivity (Wildman–Crippen MR) is 105 cm³/mol. The molecule has 0 aliphatic rings. The summed E-state index contributed by atoms with van der Waals surface area (Å²) in [6.07, 6.45) is 0. The van der Waals surface area contributed by atoms with Gasteiger partial charge < -0.3 is 10.3 Å². The third kappa shape index (κ3) is 3.23. The van der Waals surface area contributed by atoms with E-state index in [0.717, 1.165) is 22.0 Å². The minimum atomic E-state index is -0.152. The van der Waals surface area contributed by atoms with Crippen LogP contribution in [0.4, 0.5) is 5.69 Å². The fraction of sp³-hybridized carbons (Fsp3) is 0.111. The number of hydrogen-bond donors (Lipinski definition) is 2. The molecule has 0 aliphatic heterocycles. The molecule has 2 aromatic carbocycles. The van der Waals surface area contributed by atoms with Crippen molar-refractivity contribution in [2.75, 3.05) is 11.1 Å². The van der Waals surface area contributed by atoms with E-state index >= 15 is 0 Å². The molecule has 2 heterocycles. The Balaban J connectivity index is 1.48. The lowest BCUT2D eigenvalue weighted by molar-refractivity contribution is -0.113. The first-order valence-corrected chi connectivity index (χ1v) is 9.27. The van der Waals surface area contributed by atoms with Gasteiger partial charge in [0.25, 0.3) is 0 Å². The number of carbonyl (C=O) groups is 1. The summed E-state index contributed by atoms with van der Waals surface area (Å²) in [6, 6.07) is 13.2. The maximum absolute atomic E-state index is 12.2. The second-order valence-corrected chi connectivity index (χ2v) is 7.06. The van der Waals surface area contributed by atoms with Crippen molar-refractivity contribution in [2.45, 2.75) is 12.1 Å². The molecule has 130 valence electrons. The standard InChI is InChI=1S/C18H14ClN5OS/c1-10-12(19)6-4-8-13(10)20-15(25)9-26-18-22-17-16(23-24-18)11-5-2-3-7-14(11)21-17/h2-8H,9H2,1H3,(H,20,25)(H,21,22,24). The summed E-state index contributed by atoms with van der Waals surface area (Å²) in [5.41, 5.74) is 3.89. The molecule has 8 heteroatoms. The van der Waals surface area contributed by atoms with Crippen LogP contribution in [-0.2, 0) is 4.79 Å². The molecule has 2 N–H and O–H groups in total. The number of fused-ring (bicyclic) bond motifs is 3. The Morgan fingerprint density at radius 2 is 2.04 bits per heavy atom. The van der Waals surface area contributed by atoms with Crippen LogP contribution in [0, 0.1) is 6.92 Å². The summed E-state index contributed by atoms with van der Waals surface area (Å²) in [6.45, 7) is 1.86. The van der Waals surface area contributed by atoms with Crippen molar-refractivity contribution in [3.05, 3.63) is 53.1 Å². The van der Waals surface area contributed by atoms with Gasteiger partial charge in [0.05, 0.1) is 5.75 Å². The van der Waals surface area contributed by atoms with Crippen molar-refractivity contribution in [1.82, 2.24) is 20.2 Å². The van der Waals surface area contributed by atoms with Crippen LogP contribution in [0.1, 0.15) is 5.56 Å². The highest BCUT2D eigenvalue weighted by atomic mass is 35.5. The van der Waals surface area contributed by atoms with Gasteiger partial charge in [0.1, 0.15) is 5.52 Å². The third-order valence-electron chi connectivity index (χ3n) is 3.98. The summed E-state index contributed by atoms with van der Waals surface area (Å²) in [4.78, 5) is 19.9. The van der Waals surface area contributed by atoms with E-state index in [1.54, 1.807) is 12.1 Å². The van der Waals surface area contributed by atoms with E-state index < -0.39 is 0 Å². The first-order chi connectivity index (χ1) is 12.6. The molecule has 0 fully saturated rings. The molecule has 0 saturated heterocycles. The number of amides is 1. The van der Waals surface area contributed by atoms with Crippen LogP contribution in [-0.4, -0.2) is 31.8 Å². The van der Waals surface area contributed by atoms with E-state index in [4.69, 9.17) is 11.6 Å². The highest BCUT2D eigenvalue weighted by Gasteiger charge is 2.11.